The van der Waals surface area contributed by atoms with Crippen molar-refractivity contribution in [1.82, 2.24) is 4.98 Å². The molecule has 2 rings (SSSR count). The Morgan fingerprint density at radius 1 is 1.37 bits per heavy atom. The Morgan fingerprint density at radius 3 is 2.79 bits per heavy atom. The number of rotatable bonds is 5. The Labute approximate surface area is 112 Å². The van der Waals surface area contributed by atoms with Gasteiger partial charge in [-0.05, 0) is 24.5 Å². The molecule has 4 nitrogen and oxygen atoms in total. The molecule has 0 aliphatic rings. The van der Waals surface area contributed by atoms with Gasteiger partial charge in [-0.3, -0.25) is 4.98 Å². The first-order chi connectivity index (χ1) is 9.06. The smallest absolute Gasteiger partial charge is 0.326 e. The number of carboxylic acid groups (broad SMARTS) is 1. The number of anilines is 1. The lowest BCUT2D eigenvalue weighted by atomic mass is 10.0. The number of hydrogen-bond acceptors (Lipinski definition) is 3. The van der Waals surface area contributed by atoms with Crippen LogP contribution in [0, 0.1) is 5.92 Å². The summed E-state index contributed by atoms with van der Waals surface area (Å²) < 4.78 is 0. The van der Waals surface area contributed by atoms with Gasteiger partial charge in [0.1, 0.15) is 6.04 Å². The number of carboxylic acids is 1. The van der Waals surface area contributed by atoms with Crippen molar-refractivity contribution in [2.45, 2.75) is 26.3 Å². The highest BCUT2D eigenvalue weighted by molar-refractivity contribution is 5.83. The Hall–Kier alpha value is -2.10. The molecule has 100 valence electrons. The first kappa shape index (κ1) is 13.3. The number of hydrogen-bond donors (Lipinski definition) is 2. The maximum absolute atomic E-state index is 11.2. The summed E-state index contributed by atoms with van der Waals surface area (Å²) in [6, 6.07) is 9.12. The van der Waals surface area contributed by atoms with E-state index in [-0.39, 0.29) is 0 Å². The predicted molar refractivity (Wildman–Crippen MR) is 76.2 cm³/mol. The van der Waals surface area contributed by atoms with E-state index in [4.69, 9.17) is 0 Å². The zero-order valence-electron chi connectivity index (χ0n) is 11.1. The molecule has 1 atom stereocenters. The molecule has 2 aromatic rings. The van der Waals surface area contributed by atoms with Crippen molar-refractivity contribution in [3.8, 4) is 0 Å². The largest absolute Gasteiger partial charge is 0.480 e. The molecule has 0 saturated carbocycles. The van der Waals surface area contributed by atoms with Crippen LogP contribution in [0.3, 0.4) is 0 Å². The monoisotopic (exact) mass is 258 g/mol. The van der Waals surface area contributed by atoms with Crippen molar-refractivity contribution in [1.29, 1.82) is 0 Å². The molecular formula is C15H18N2O2. The van der Waals surface area contributed by atoms with Crippen LogP contribution in [-0.4, -0.2) is 22.1 Å². The molecule has 0 saturated heterocycles. The van der Waals surface area contributed by atoms with Crippen molar-refractivity contribution < 1.29 is 9.90 Å². The molecule has 4 heteroatoms. The number of para-hydroxylation sites is 1. The zero-order valence-corrected chi connectivity index (χ0v) is 11.1. The minimum absolute atomic E-state index is 0.321. The van der Waals surface area contributed by atoms with Gasteiger partial charge < -0.3 is 10.4 Å². The Bertz CT molecular complexity index is 581. The maximum atomic E-state index is 11.2. The van der Waals surface area contributed by atoms with Gasteiger partial charge in [0.05, 0.1) is 17.4 Å². The van der Waals surface area contributed by atoms with Crippen LogP contribution in [-0.2, 0) is 4.79 Å². The minimum atomic E-state index is -0.832. The second-order valence-electron chi connectivity index (χ2n) is 5.08. The van der Waals surface area contributed by atoms with Crippen LogP contribution < -0.4 is 5.32 Å². The SMILES string of the molecule is CC(C)C[C@H](Nc1cnc2ccccc2c1)C(=O)O. The van der Waals surface area contributed by atoms with E-state index in [1.54, 1.807) is 6.20 Å². The summed E-state index contributed by atoms with van der Waals surface area (Å²) >= 11 is 0. The molecule has 0 amide bonds. The normalized spacial score (nSPS) is 12.6. The predicted octanol–water partition coefficient (Wildman–Crippen LogP) is 3.15. The van der Waals surface area contributed by atoms with Crippen LogP contribution >= 0.6 is 0 Å². The number of aromatic nitrogens is 1. The van der Waals surface area contributed by atoms with Gasteiger partial charge in [0.15, 0.2) is 0 Å². The molecule has 1 aromatic carbocycles. The van der Waals surface area contributed by atoms with Gasteiger partial charge in [-0.25, -0.2) is 4.79 Å². The molecule has 0 aliphatic carbocycles. The topological polar surface area (TPSA) is 62.2 Å². The molecule has 0 aliphatic heterocycles. The van der Waals surface area contributed by atoms with E-state index in [9.17, 15) is 9.90 Å². The molecule has 1 heterocycles. The van der Waals surface area contributed by atoms with Crippen LogP contribution in [0.2, 0.25) is 0 Å². The van der Waals surface area contributed by atoms with Gasteiger partial charge >= 0.3 is 5.97 Å². The van der Waals surface area contributed by atoms with E-state index in [0.29, 0.717) is 12.3 Å². The summed E-state index contributed by atoms with van der Waals surface area (Å²) in [4.78, 5) is 15.5. The second-order valence-corrected chi connectivity index (χ2v) is 5.08. The van der Waals surface area contributed by atoms with Gasteiger partial charge in [-0.2, -0.15) is 0 Å². The summed E-state index contributed by atoms with van der Waals surface area (Å²) in [6.07, 6.45) is 2.26. The molecule has 0 fully saturated rings. The van der Waals surface area contributed by atoms with Gasteiger partial charge in [0, 0.05) is 5.39 Å². The number of aliphatic carboxylic acids is 1. The van der Waals surface area contributed by atoms with E-state index in [1.807, 2.05) is 44.2 Å². The fraction of sp³-hybridized carbons (Fsp3) is 0.333. The van der Waals surface area contributed by atoms with Crippen molar-refractivity contribution >= 4 is 22.6 Å². The maximum Gasteiger partial charge on any atom is 0.326 e. The first-order valence-electron chi connectivity index (χ1n) is 6.40. The fourth-order valence-electron chi connectivity index (χ4n) is 2.04. The van der Waals surface area contributed by atoms with E-state index < -0.39 is 12.0 Å². The number of carbonyl (C=O) groups is 1. The zero-order chi connectivity index (χ0) is 13.8. The second kappa shape index (κ2) is 5.69. The highest BCUT2D eigenvalue weighted by Gasteiger charge is 2.18. The lowest BCUT2D eigenvalue weighted by Gasteiger charge is -2.17. The Morgan fingerprint density at radius 2 is 2.11 bits per heavy atom. The Balaban J connectivity index is 2.21. The van der Waals surface area contributed by atoms with Gasteiger partial charge in [0.25, 0.3) is 0 Å². The highest BCUT2D eigenvalue weighted by atomic mass is 16.4. The molecule has 19 heavy (non-hydrogen) atoms. The molecule has 2 N–H and O–H groups in total. The van der Waals surface area contributed by atoms with Crippen LogP contribution in [0.1, 0.15) is 20.3 Å². The third-order valence-corrected chi connectivity index (χ3v) is 2.94. The van der Waals surface area contributed by atoms with Gasteiger partial charge in [-0.15, -0.1) is 0 Å². The Kier molecular flexibility index (Phi) is 4.00. The fourth-order valence-corrected chi connectivity index (χ4v) is 2.04. The summed E-state index contributed by atoms with van der Waals surface area (Å²) in [5.74, 6) is -0.510. The van der Waals surface area contributed by atoms with Gasteiger partial charge in [-0.1, -0.05) is 32.0 Å². The van der Waals surface area contributed by atoms with E-state index in [1.165, 1.54) is 0 Å². The molecule has 0 bridgehead atoms. The molecule has 0 spiro atoms. The lowest BCUT2D eigenvalue weighted by molar-refractivity contribution is -0.138. The van der Waals surface area contributed by atoms with Crippen molar-refractivity contribution in [3.05, 3.63) is 36.5 Å². The lowest BCUT2D eigenvalue weighted by Crippen LogP contribution is -2.30. The number of benzene rings is 1. The molecule has 0 unspecified atom stereocenters. The van der Waals surface area contributed by atoms with E-state index >= 15 is 0 Å². The first-order valence-corrected chi connectivity index (χ1v) is 6.40. The molecular weight excluding hydrogens is 240 g/mol. The van der Waals surface area contributed by atoms with E-state index in [2.05, 4.69) is 10.3 Å². The average Bonchev–Trinajstić information content (AvgIpc) is 2.37. The van der Waals surface area contributed by atoms with Crippen LogP contribution in [0.25, 0.3) is 10.9 Å². The summed E-state index contributed by atoms with van der Waals surface area (Å²) in [6.45, 7) is 4.02. The van der Waals surface area contributed by atoms with Gasteiger partial charge in [0.2, 0.25) is 0 Å². The van der Waals surface area contributed by atoms with Crippen molar-refractivity contribution in [3.63, 3.8) is 0 Å². The number of fused-ring (bicyclic) bond motifs is 1. The number of nitrogens with zero attached hydrogens (tertiary/aromatic N) is 1. The van der Waals surface area contributed by atoms with Crippen LogP contribution in [0.4, 0.5) is 5.69 Å². The van der Waals surface area contributed by atoms with Crippen LogP contribution in [0.15, 0.2) is 36.5 Å². The summed E-state index contributed by atoms with van der Waals surface area (Å²) in [5, 5.41) is 13.3. The molecule has 0 radical (unpaired) electrons. The van der Waals surface area contributed by atoms with Crippen molar-refractivity contribution in [2.24, 2.45) is 5.92 Å². The average molecular weight is 258 g/mol. The van der Waals surface area contributed by atoms with E-state index in [0.717, 1.165) is 16.6 Å². The standard InChI is InChI=1S/C15H18N2O2/c1-10(2)7-14(15(18)19)17-12-8-11-5-3-4-6-13(11)16-9-12/h3-6,8-10,14,17H,7H2,1-2H3,(H,18,19)/t14-/m0/s1. The quantitative estimate of drug-likeness (QED) is 0.864. The highest BCUT2D eigenvalue weighted by Crippen LogP contribution is 2.18. The summed E-state index contributed by atoms with van der Waals surface area (Å²) in [5.41, 5.74) is 1.65. The van der Waals surface area contributed by atoms with Crippen molar-refractivity contribution in [2.75, 3.05) is 5.32 Å². The summed E-state index contributed by atoms with van der Waals surface area (Å²) in [7, 11) is 0. The third-order valence-electron chi connectivity index (χ3n) is 2.94. The molecule has 1 aromatic heterocycles. The number of pyridine rings is 1. The number of nitrogens with one attached hydrogen (secondary N) is 1. The van der Waals surface area contributed by atoms with Crippen LogP contribution in [0.5, 0.6) is 0 Å². The third kappa shape index (κ3) is 3.44. The minimum Gasteiger partial charge on any atom is -0.480 e.